The lowest BCUT2D eigenvalue weighted by atomic mass is 10.1. The standard InChI is InChI=1S/C9H13N3O2/c1-7-2-8(3-10)12(5-7)9(14)4-11-6-13/h6-8H,2,4-5H2,1H3,(H,11,13). The van der Waals surface area contributed by atoms with Crippen molar-refractivity contribution in [2.75, 3.05) is 13.1 Å². The molecule has 0 bridgehead atoms. The summed E-state index contributed by atoms with van der Waals surface area (Å²) >= 11 is 0. The summed E-state index contributed by atoms with van der Waals surface area (Å²) < 4.78 is 0. The van der Waals surface area contributed by atoms with Crippen molar-refractivity contribution in [1.29, 1.82) is 5.26 Å². The number of hydrogen-bond acceptors (Lipinski definition) is 3. The highest BCUT2D eigenvalue weighted by Gasteiger charge is 2.32. The molecule has 0 aromatic carbocycles. The molecule has 0 aliphatic carbocycles. The average Bonchev–Trinajstić information content (AvgIpc) is 2.56. The first-order valence-electron chi connectivity index (χ1n) is 4.55. The zero-order valence-corrected chi connectivity index (χ0v) is 8.06. The molecule has 2 unspecified atom stereocenters. The third kappa shape index (κ3) is 2.22. The van der Waals surface area contributed by atoms with Crippen LogP contribution in [0.15, 0.2) is 0 Å². The average molecular weight is 195 g/mol. The number of carbonyl (C=O) groups is 2. The number of nitrogens with zero attached hydrogens (tertiary/aromatic N) is 2. The zero-order chi connectivity index (χ0) is 10.6. The molecule has 14 heavy (non-hydrogen) atoms. The van der Waals surface area contributed by atoms with Crippen LogP contribution in [0.2, 0.25) is 0 Å². The molecule has 0 radical (unpaired) electrons. The van der Waals surface area contributed by atoms with Gasteiger partial charge in [-0.1, -0.05) is 6.92 Å². The summed E-state index contributed by atoms with van der Waals surface area (Å²) in [5.41, 5.74) is 0. The molecule has 0 aromatic heterocycles. The number of carbonyl (C=O) groups excluding carboxylic acids is 2. The Morgan fingerprint density at radius 3 is 3.07 bits per heavy atom. The fourth-order valence-electron chi connectivity index (χ4n) is 1.67. The van der Waals surface area contributed by atoms with Gasteiger partial charge in [-0.15, -0.1) is 0 Å². The fraction of sp³-hybridized carbons (Fsp3) is 0.667. The third-order valence-corrected chi connectivity index (χ3v) is 2.32. The van der Waals surface area contributed by atoms with Gasteiger partial charge in [-0.2, -0.15) is 5.26 Å². The Kier molecular flexibility index (Phi) is 3.46. The van der Waals surface area contributed by atoms with Crippen molar-refractivity contribution in [2.24, 2.45) is 5.92 Å². The second-order valence-corrected chi connectivity index (χ2v) is 3.53. The van der Waals surface area contributed by atoms with Gasteiger partial charge in [0.25, 0.3) is 0 Å². The minimum absolute atomic E-state index is 0.0194. The van der Waals surface area contributed by atoms with Crippen LogP contribution in [0.1, 0.15) is 13.3 Å². The minimum Gasteiger partial charge on any atom is -0.350 e. The van der Waals surface area contributed by atoms with Crippen LogP contribution in [0.25, 0.3) is 0 Å². The van der Waals surface area contributed by atoms with E-state index in [1.54, 1.807) is 0 Å². The number of hydrogen-bond donors (Lipinski definition) is 1. The van der Waals surface area contributed by atoms with E-state index < -0.39 is 0 Å². The van der Waals surface area contributed by atoms with Gasteiger partial charge in [-0.25, -0.2) is 0 Å². The predicted molar refractivity (Wildman–Crippen MR) is 49.0 cm³/mol. The van der Waals surface area contributed by atoms with Crippen LogP contribution < -0.4 is 5.32 Å². The topological polar surface area (TPSA) is 73.2 Å². The monoisotopic (exact) mass is 195 g/mol. The second-order valence-electron chi connectivity index (χ2n) is 3.53. The van der Waals surface area contributed by atoms with Crippen molar-refractivity contribution < 1.29 is 9.59 Å². The second kappa shape index (κ2) is 4.61. The lowest BCUT2D eigenvalue weighted by Gasteiger charge is -2.18. The Morgan fingerprint density at radius 1 is 1.79 bits per heavy atom. The number of rotatable bonds is 3. The number of nitrogens with one attached hydrogen (secondary N) is 1. The SMILES string of the molecule is CC1CC(C#N)N(C(=O)CNC=O)C1. The van der Waals surface area contributed by atoms with E-state index in [1.807, 2.05) is 6.92 Å². The van der Waals surface area contributed by atoms with Crippen LogP contribution >= 0.6 is 0 Å². The molecular weight excluding hydrogens is 182 g/mol. The maximum atomic E-state index is 11.5. The number of likely N-dealkylation sites (tertiary alicyclic amines) is 1. The molecule has 1 saturated heterocycles. The van der Waals surface area contributed by atoms with Crippen LogP contribution in [0.3, 0.4) is 0 Å². The van der Waals surface area contributed by atoms with E-state index in [1.165, 1.54) is 4.90 Å². The van der Waals surface area contributed by atoms with E-state index in [0.717, 1.165) is 6.42 Å². The summed E-state index contributed by atoms with van der Waals surface area (Å²) in [6.45, 7) is 2.59. The van der Waals surface area contributed by atoms with Crippen molar-refractivity contribution in [3.8, 4) is 6.07 Å². The third-order valence-electron chi connectivity index (χ3n) is 2.32. The molecule has 1 rings (SSSR count). The van der Waals surface area contributed by atoms with E-state index in [9.17, 15) is 9.59 Å². The van der Waals surface area contributed by atoms with Gasteiger partial charge in [0, 0.05) is 6.54 Å². The highest BCUT2D eigenvalue weighted by Crippen LogP contribution is 2.21. The van der Waals surface area contributed by atoms with Crippen molar-refractivity contribution in [1.82, 2.24) is 10.2 Å². The normalized spacial score (nSPS) is 25.6. The quantitative estimate of drug-likeness (QED) is 0.616. The molecule has 1 fully saturated rings. The molecule has 0 spiro atoms. The maximum absolute atomic E-state index is 11.5. The van der Waals surface area contributed by atoms with E-state index >= 15 is 0 Å². The van der Waals surface area contributed by atoms with Crippen molar-refractivity contribution >= 4 is 12.3 Å². The van der Waals surface area contributed by atoms with Gasteiger partial charge in [0.2, 0.25) is 12.3 Å². The van der Waals surface area contributed by atoms with Crippen LogP contribution in [0.4, 0.5) is 0 Å². The van der Waals surface area contributed by atoms with E-state index in [4.69, 9.17) is 5.26 Å². The first-order valence-corrected chi connectivity index (χ1v) is 4.55. The number of nitriles is 1. The first-order chi connectivity index (χ1) is 6.69. The summed E-state index contributed by atoms with van der Waals surface area (Å²) in [7, 11) is 0. The lowest BCUT2D eigenvalue weighted by Crippen LogP contribution is -2.40. The molecule has 1 aliphatic rings. The zero-order valence-electron chi connectivity index (χ0n) is 8.06. The molecule has 1 heterocycles. The number of amides is 2. The van der Waals surface area contributed by atoms with Gasteiger partial charge >= 0.3 is 0 Å². The molecule has 0 aromatic rings. The Balaban J connectivity index is 2.54. The highest BCUT2D eigenvalue weighted by atomic mass is 16.2. The van der Waals surface area contributed by atoms with Gasteiger partial charge in [0.05, 0.1) is 12.6 Å². The summed E-state index contributed by atoms with van der Waals surface area (Å²) in [4.78, 5) is 23.0. The summed E-state index contributed by atoms with van der Waals surface area (Å²) in [6.07, 6.45) is 1.21. The predicted octanol–water partition coefficient (Wildman–Crippen LogP) is -0.507. The van der Waals surface area contributed by atoms with Gasteiger partial charge < -0.3 is 10.2 Å². The molecule has 76 valence electrons. The van der Waals surface area contributed by atoms with Crippen LogP contribution in [-0.2, 0) is 9.59 Å². The van der Waals surface area contributed by atoms with Crippen molar-refractivity contribution in [2.45, 2.75) is 19.4 Å². The fourth-order valence-corrected chi connectivity index (χ4v) is 1.67. The largest absolute Gasteiger partial charge is 0.350 e. The van der Waals surface area contributed by atoms with Crippen LogP contribution in [0.5, 0.6) is 0 Å². The molecule has 5 heteroatoms. The smallest absolute Gasteiger partial charge is 0.243 e. The van der Waals surface area contributed by atoms with Crippen LogP contribution in [-0.4, -0.2) is 36.3 Å². The van der Waals surface area contributed by atoms with Gasteiger partial charge in [0.1, 0.15) is 6.04 Å². The molecule has 5 nitrogen and oxygen atoms in total. The Hall–Kier alpha value is -1.57. The van der Waals surface area contributed by atoms with E-state index in [2.05, 4.69) is 11.4 Å². The van der Waals surface area contributed by atoms with Crippen molar-refractivity contribution in [3.63, 3.8) is 0 Å². The molecule has 2 amide bonds. The van der Waals surface area contributed by atoms with Crippen molar-refractivity contribution in [3.05, 3.63) is 0 Å². The summed E-state index contributed by atoms with van der Waals surface area (Å²) in [6, 6.07) is 1.76. The lowest BCUT2D eigenvalue weighted by molar-refractivity contribution is -0.131. The summed E-state index contributed by atoms with van der Waals surface area (Å²) in [5.74, 6) is 0.174. The maximum Gasteiger partial charge on any atom is 0.243 e. The first kappa shape index (κ1) is 10.5. The highest BCUT2D eigenvalue weighted by molar-refractivity contribution is 5.80. The molecule has 1 aliphatic heterocycles. The minimum atomic E-state index is -0.328. The molecule has 2 atom stereocenters. The Morgan fingerprint density at radius 2 is 2.50 bits per heavy atom. The van der Waals surface area contributed by atoms with E-state index in [0.29, 0.717) is 18.9 Å². The molecule has 1 N–H and O–H groups in total. The Bertz CT molecular complexity index is 272. The molecular formula is C9H13N3O2. The summed E-state index contributed by atoms with van der Waals surface area (Å²) in [5, 5.41) is 11.1. The Labute approximate surface area is 82.7 Å². The molecule has 0 saturated carbocycles. The van der Waals surface area contributed by atoms with Gasteiger partial charge in [-0.05, 0) is 12.3 Å². The van der Waals surface area contributed by atoms with Gasteiger partial charge in [-0.3, -0.25) is 9.59 Å². The van der Waals surface area contributed by atoms with Crippen LogP contribution in [0, 0.1) is 17.2 Å². The van der Waals surface area contributed by atoms with Gasteiger partial charge in [0.15, 0.2) is 0 Å². The van der Waals surface area contributed by atoms with E-state index in [-0.39, 0.29) is 18.5 Å².